The first-order valence-electron chi connectivity index (χ1n) is 6.97. The van der Waals surface area contributed by atoms with Crippen LogP contribution in [-0.4, -0.2) is 55.2 Å². The van der Waals surface area contributed by atoms with E-state index in [-0.39, 0.29) is 6.03 Å². The minimum absolute atomic E-state index is 0.366. The fraction of sp³-hybridized carbons (Fsp3) is 0.467. The molecule has 2 amide bonds. The molecule has 6 heteroatoms. The zero-order chi connectivity index (χ0) is 15.7. The molecule has 0 fully saturated rings. The van der Waals surface area contributed by atoms with Crippen LogP contribution in [0.2, 0.25) is 0 Å². The minimum Gasteiger partial charge on any atom is -0.480 e. The maximum Gasteiger partial charge on any atom is 0.326 e. The minimum atomic E-state index is -1.01. The van der Waals surface area contributed by atoms with Gasteiger partial charge in [-0.2, -0.15) is 0 Å². The van der Waals surface area contributed by atoms with Crippen molar-refractivity contribution < 1.29 is 14.7 Å². The molecule has 0 aromatic heterocycles. The molecule has 0 unspecified atom stereocenters. The lowest BCUT2D eigenvalue weighted by Gasteiger charge is -2.21. The van der Waals surface area contributed by atoms with Crippen LogP contribution in [0, 0.1) is 0 Å². The lowest BCUT2D eigenvalue weighted by molar-refractivity contribution is -0.139. The van der Waals surface area contributed by atoms with Crippen molar-refractivity contribution in [1.82, 2.24) is 15.5 Å². The van der Waals surface area contributed by atoms with E-state index in [1.807, 2.05) is 30.3 Å². The third-order valence-corrected chi connectivity index (χ3v) is 3.20. The van der Waals surface area contributed by atoms with E-state index in [0.29, 0.717) is 25.9 Å². The average Bonchev–Trinajstić information content (AvgIpc) is 2.49. The zero-order valence-electron chi connectivity index (χ0n) is 12.5. The fourth-order valence-corrected chi connectivity index (χ4v) is 1.85. The lowest BCUT2D eigenvalue weighted by Crippen LogP contribution is -2.48. The van der Waals surface area contributed by atoms with Gasteiger partial charge in [0, 0.05) is 20.1 Å². The summed E-state index contributed by atoms with van der Waals surface area (Å²) in [5.74, 6) is -1.01. The fourth-order valence-electron chi connectivity index (χ4n) is 1.85. The smallest absolute Gasteiger partial charge is 0.326 e. The van der Waals surface area contributed by atoms with Crippen LogP contribution in [0.25, 0.3) is 0 Å². The van der Waals surface area contributed by atoms with Crippen molar-refractivity contribution in [3.8, 4) is 0 Å². The van der Waals surface area contributed by atoms with Crippen LogP contribution in [0.5, 0.6) is 0 Å². The van der Waals surface area contributed by atoms with Crippen molar-refractivity contribution in [1.29, 1.82) is 0 Å². The molecular formula is C15H23N3O3. The molecule has 1 rings (SSSR count). The van der Waals surface area contributed by atoms with E-state index in [2.05, 4.69) is 10.6 Å². The number of carboxylic acids is 1. The van der Waals surface area contributed by atoms with Crippen molar-refractivity contribution in [3.05, 3.63) is 35.9 Å². The second kappa shape index (κ2) is 8.97. The Balaban J connectivity index is 2.50. The third kappa shape index (κ3) is 6.27. The predicted molar refractivity (Wildman–Crippen MR) is 81.3 cm³/mol. The first-order valence-corrected chi connectivity index (χ1v) is 6.97. The average molecular weight is 293 g/mol. The summed E-state index contributed by atoms with van der Waals surface area (Å²) >= 11 is 0. The van der Waals surface area contributed by atoms with Gasteiger partial charge in [0.2, 0.25) is 0 Å². The second-order valence-electron chi connectivity index (χ2n) is 4.89. The van der Waals surface area contributed by atoms with Gasteiger partial charge in [0.05, 0.1) is 0 Å². The van der Waals surface area contributed by atoms with Crippen molar-refractivity contribution >= 4 is 12.0 Å². The van der Waals surface area contributed by atoms with Crippen molar-refractivity contribution in [2.75, 3.05) is 27.2 Å². The van der Waals surface area contributed by atoms with Gasteiger partial charge in [0.1, 0.15) is 6.04 Å². The van der Waals surface area contributed by atoms with Gasteiger partial charge in [-0.1, -0.05) is 30.3 Å². The number of nitrogens with zero attached hydrogens (tertiary/aromatic N) is 1. The Hall–Kier alpha value is -2.08. The maximum absolute atomic E-state index is 11.9. The molecule has 0 saturated carbocycles. The molecule has 0 radical (unpaired) electrons. The SMILES string of the molecule is CNCCN(C)C(=O)N[C@@H](CCc1ccccc1)C(=O)O. The van der Waals surface area contributed by atoms with Crippen LogP contribution in [0.4, 0.5) is 4.79 Å². The highest BCUT2D eigenvalue weighted by Crippen LogP contribution is 2.05. The number of aliphatic carboxylic acids is 1. The Morgan fingerprint density at radius 3 is 2.52 bits per heavy atom. The lowest BCUT2D eigenvalue weighted by atomic mass is 10.1. The first-order chi connectivity index (χ1) is 10.0. The van der Waals surface area contributed by atoms with Crippen LogP contribution in [0.1, 0.15) is 12.0 Å². The molecular weight excluding hydrogens is 270 g/mol. The van der Waals surface area contributed by atoms with E-state index in [0.717, 1.165) is 5.56 Å². The number of hydrogen-bond acceptors (Lipinski definition) is 3. The first kappa shape index (κ1) is 17.0. The Morgan fingerprint density at radius 1 is 1.29 bits per heavy atom. The number of hydrogen-bond donors (Lipinski definition) is 3. The van der Waals surface area contributed by atoms with Crippen LogP contribution < -0.4 is 10.6 Å². The van der Waals surface area contributed by atoms with E-state index < -0.39 is 12.0 Å². The number of nitrogens with one attached hydrogen (secondary N) is 2. The predicted octanol–water partition coefficient (Wildman–Crippen LogP) is 0.933. The Bertz CT molecular complexity index is 451. The number of carbonyl (C=O) groups is 2. The van der Waals surface area contributed by atoms with Crippen molar-refractivity contribution in [2.24, 2.45) is 0 Å². The maximum atomic E-state index is 11.9. The number of rotatable bonds is 8. The van der Waals surface area contributed by atoms with E-state index in [1.165, 1.54) is 4.90 Å². The van der Waals surface area contributed by atoms with Crippen LogP contribution >= 0.6 is 0 Å². The summed E-state index contributed by atoms with van der Waals surface area (Å²) < 4.78 is 0. The molecule has 0 aliphatic rings. The number of benzene rings is 1. The highest BCUT2D eigenvalue weighted by molar-refractivity contribution is 5.82. The van der Waals surface area contributed by atoms with Crippen molar-refractivity contribution in [2.45, 2.75) is 18.9 Å². The van der Waals surface area contributed by atoms with Crippen LogP contribution in [-0.2, 0) is 11.2 Å². The molecule has 3 N–H and O–H groups in total. The Labute approximate surface area is 125 Å². The number of carboxylic acid groups (broad SMARTS) is 1. The number of likely N-dealkylation sites (N-methyl/N-ethyl adjacent to an activating group) is 2. The highest BCUT2D eigenvalue weighted by atomic mass is 16.4. The number of amides is 2. The summed E-state index contributed by atoms with van der Waals surface area (Å²) in [6.45, 7) is 1.18. The molecule has 1 atom stereocenters. The molecule has 116 valence electrons. The topological polar surface area (TPSA) is 81.7 Å². The van der Waals surface area contributed by atoms with Crippen LogP contribution in [0.3, 0.4) is 0 Å². The molecule has 0 spiro atoms. The van der Waals surface area contributed by atoms with Gasteiger partial charge in [-0.3, -0.25) is 0 Å². The number of urea groups is 1. The summed E-state index contributed by atoms with van der Waals surface area (Å²) in [5.41, 5.74) is 1.06. The van der Waals surface area contributed by atoms with Crippen molar-refractivity contribution in [3.63, 3.8) is 0 Å². The largest absolute Gasteiger partial charge is 0.480 e. The molecule has 21 heavy (non-hydrogen) atoms. The van der Waals surface area contributed by atoms with Gasteiger partial charge in [0.15, 0.2) is 0 Å². The summed E-state index contributed by atoms with van der Waals surface area (Å²) in [6, 6.07) is 8.38. The molecule has 0 bridgehead atoms. The Kier molecular flexibility index (Phi) is 7.25. The van der Waals surface area contributed by atoms with Gasteiger partial charge in [0.25, 0.3) is 0 Å². The Morgan fingerprint density at radius 2 is 1.95 bits per heavy atom. The highest BCUT2D eigenvalue weighted by Gasteiger charge is 2.21. The van der Waals surface area contributed by atoms with E-state index in [1.54, 1.807) is 14.1 Å². The summed E-state index contributed by atoms with van der Waals surface area (Å²) in [5, 5.41) is 14.7. The number of aryl methyl sites for hydroxylation is 1. The normalized spacial score (nSPS) is 11.7. The third-order valence-electron chi connectivity index (χ3n) is 3.20. The monoisotopic (exact) mass is 293 g/mol. The standard InChI is InChI=1S/C15H23N3O3/c1-16-10-11-18(2)15(21)17-13(14(19)20)9-8-12-6-4-3-5-7-12/h3-7,13,16H,8-11H2,1-2H3,(H,17,21)(H,19,20)/t13-/m0/s1. The van der Waals surface area contributed by atoms with Gasteiger partial charge >= 0.3 is 12.0 Å². The molecule has 0 aliphatic heterocycles. The summed E-state index contributed by atoms with van der Waals surface area (Å²) in [7, 11) is 3.44. The molecule has 6 nitrogen and oxygen atoms in total. The quantitative estimate of drug-likeness (QED) is 0.666. The van der Waals surface area contributed by atoms with Gasteiger partial charge in [-0.05, 0) is 25.5 Å². The second-order valence-corrected chi connectivity index (χ2v) is 4.89. The van der Waals surface area contributed by atoms with Gasteiger partial charge < -0.3 is 20.6 Å². The molecule has 1 aromatic carbocycles. The summed E-state index contributed by atoms with van der Waals surface area (Å²) in [6.07, 6.45) is 0.975. The van der Waals surface area contributed by atoms with E-state index in [9.17, 15) is 14.7 Å². The molecule has 0 saturated heterocycles. The van der Waals surface area contributed by atoms with Crippen LogP contribution in [0.15, 0.2) is 30.3 Å². The zero-order valence-corrected chi connectivity index (χ0v) is 12.5. The van der Waals surface area contributed by atoms with E-state index in [4.69, 9.17) is 0 Å². The van der Waals surface area contributed by atoms with Gasteiger partial charge in [-0.25, -0.2) is 9.59 Å². The molecule has 0 aliphatic carbocycles. The number of carbonyl (C=O) groups excluding carboxylic acids is 1. The summed E-state index contributed by atoms with van der Waals surface area (Å²) in [4.78, 5) is 24.6. The molecule has 0 heterocycles. The molecule has 1 aromatic rings. The van der Waals surface area contributed by atoms with E-state index >= 15 is 0 Å². The van der Waals surface area contributed by atoms with Gasteiger partial charge in [-0.15, -0.1) is 0 Å².